The molecule has 3 aromatic rings. The third-order valence-electron chi connectivity index (χ3n) is 5.02. The summed E-state index contributed by atoms with van der Waals surface area (Å²) in [6.07, 6.45) is -3.60. The Labute approximate surface area is 187 Å². The molecule has 0 bridgehead atoms. The molecule has 0 radical (unpaired) electrons. The maximum atomic E-state index is 12.6. The summed E-state index contributed by atoms with van der Waals surface area (Å²) in [5.74, 6) is -1.87. The topological polar surface area (TPSA) is 154 Å². The van der Waals surface area contributed by atoms with Gasteiger partial charge in [0.1, 0.15) is 31.1 Å². The number of ether oxygens (including phenoxy) is 3. The molecule has 1 aromatic heterocycles. The predicted molar refractivity (Wildman–Crippen MR) is 111 cm³/mol. The molecule has 0 amide bonds. The molecule has 33 heavy (non-hydrogen) atoms. The predicted octanol–water partition coefficient (Wildman–Crippen LogP) is 2.20. The van der Waals surface area contributed by atoms with E-state index in [1.165, 1.54) is 6.20 Å². The molecular weight excluding hydrogens is 434 g/mol. The van der Waals surface area contributed by atoms with E-state index in [0.29, 0.717) is 5.56 Å². The summed E-state index contributed by atoms with van der Waals surface area (Å²) in [6.45, 7) is -0.333. The van der Waals surface area contributed by atoms with Gasteiger partial charge in [-0.05, 0) is 29.2 Å². The maximum Gasteiger partial charge on any atom is 0.432 e. The quantitative estimate of drug-likeness (QED) is 0.311. The number of hydrogen-bond donors (Lipinski definition) is 2. The molecule has 2 heterocycles. The number of nitrogens with one attached hydrogen (secondary N) is 1. The molecule has 11 nitrogen and oxygen atoms in total. The summed E-state index contributed by atoms with van der Waals surface area (Å²) in [5.41, 5.74) is 0.615. The fourth-order valence-electron chi connectivity index (χ4n) is 3.41. The number of nitrogens with zero attached hydrogens (tertiary/aromatic N) is 2. The van der Waals surface area contributed by atoms with Crippen molar-refractivity contribution < 1.29 is 33.8 Å². The summed E-state index contributed by atoms with van der Waals surface area (Å²) in [6, 6.07) is 16.4. The normalized spacial score (nSPS) is 22.0. The van der Waals surface area contributed by atoms with Crippen LogP contribution in [0.1, 0.15) is 32.5 Å². The minimum absolute atomic E-state index is 0.0480. The van der Waals surface area contributed by atoms with Gasteiger partial charge in [0.25, 0.3) is 0 Å². The highest BCUT2D eigenvalue weighted by Gasteiger charge is 2.49. The molecule has 1 aliphatic rings. The highest BCUT2D eigenvalue weighted by molar-refractivity contribution is 5.90. The molecule has 1 fully saturated rings. The molecule has 0 spiro atoms. The first-order valence-corrected chi connectivity index (χ1v) is 9.95. The molecule has 2 aromatic carbocycles. The SMILES string of the molecule is O=C(OC[C@H]1O[C@@H](c2c[nH]c([N+](=O)[O-])n2)[C@@H](O)[C@@H]1OC(=O)c1ccccc1)c1ccccc1. The Bertz CT molecular complexity index is 1130. The third-order valence-corrected chi connectivity index (χ3v) is 5.02. The first-order chi connectivity index (χ1) is 15.9. The maximum absolute atomic E-state index is 12.6. The summed E-state index contributed by atoms with van der Waals surface area (Å²) in [7, 11) is 0. The van der Waals surface area contributed by atoms with E-state index >= 15 is 0 Å². The van der Waals surface area contributed by atoms with Crippen LogP contribution in [0.3, 0.4) is 0 Å². The number of benzene rings is 2. The number of imidazole rings is 1. The Morgan fingerprint density at radius 2 is 1.67 bits per heavy atom. The molecule has 0 aliphatic carbocycles. The van der Waals surface area contributed by atoms with Gasteiger partial charge in [-0.15, -0.1) is 0 Å². The Morgan fingerprint density at radius 1 is 1.06 bits per heavy atom. The molecule has 11 heteroatoms. The van der Waals surface area contributed by atoms with E-state index in [0.717, 1.165) is 0 Å². The summed E-state index contributed by atoms with van der Waals surface area (Å²) >= 11 is 0. The molecule has 0 unspecified atom stereocenters. The highest BCUT2D eigenvalue weighted by Crippen LogP contribution is 2.35. The van der Waals surface area contributed by atoms with Gasteiger partial charge in [0, 0.05) is 0 Å². The zero-order chi connectivity index (χ0) is 23.4. The number of hydrogen-bond acceptors (Lipinski definition) is 9. The molecule has 1 aliphatic heterocycles. The van der Waals surface area contributed by atoms with Crippen LogP contribution < -0.4 is 0 Å². The van der Waals surface area contributed by atoms with Gasteiger partial charge >= 0.3 is 17.9 Å². The largest absolute Gasteiger partial charge is 0.459 e. The number of esters is 2. The van der Waals surface area contributed by atoms with Gasteiger partial charge in [0.15, 0.2) is 11.8 Å². The van der Waals surface area contributed by atoms with Crippen molar-refractivity contribution in [1.82, 2.24) is 9.97 Å². The van der Waals surface area contributed by atoms with Crippen LogP contribution in [0.25, 0.3) is 0 Å². The van der Waals surface area contributed by atoms with Gasteiger partial charge in [-0.3, -0.25) is 0 Å². The van der Waals surface area contributed by atoms with Gasteiger partial charge in [-0.25, -0.2) is 14.6 Å². The lowest BCUT2D eigenvalue weighted by Gasteiger charge is -2.20. The molecule has 2 N–H and O–H groups in total. The van der Waals surface area contributed by atoms with Crippen molar-refractivity contribution in [2.24, 2.45) is 0 Å². The zero-order valence-corrected chi connectivity index (χ0v) is 17.1. The van der Waals surface area contributed by atoms with Crippen LogP contribution >= 0.6 is 0 Å². The van der Waals surface area contributed by atoms with Gasteiger partial charge in [-0.2, -0.15) is 0 Å². The number of carbonyl (C=O) groups is 2. The number of nitro groups is 1. The van der Waals surface area contributed by atoms with Crippen LogP contribution in [0, 0.1) is 10.1 Å². The van der Waals surface area contributed by atoms with Crippen molar-refractivity contribution in [1.29, 1.82) is 0 Å². The van der Waals surface area contributed by atoms with Crippen LogP contribution in [-0.2, 0) is 14.2 Å². The molecular formula is C22H19N3O8. The smallest absolute Gasteiger partial charge is 0.432 e. The van der Waals surface area contributed by atoms with Crippen LogP contribution in [0.4, 0.5) is 5.95 Å². The zero-order valence-electron chi connectivity index (χ0n) is 17.1. The van der Waals surface area contributed by atoms with E-state index in [9.17, 15) is 24.8 Å². The van der Waals surface area contributed by atoms with Crippen molar-refractivity contribution >= 4 is 17.9 Å². The van der Waals surface area contributed by atoms with Crippen LogP contribution in [0.15, 0.2) is 66.9 Å². The first-order valence-electron chi connectivity index (χ1n) is 9.95. The van der Waals surface area contributed by atoms with Gasteiger partial charge < -0.3 is 29.4 Å². The van der Waals surface area contributed by atoms with Crippen molar-refractivity contribution in [2.75, 3.05) is 6.61 Å². The second-order valence-electron chi connectivity index (χ2n) is 7.19. The Morgan fingerprint density at radius 3 is 2.24 bits per heavy atom. The number of aromatic amines is 1. The van der Waals surface area contributed by atoms with E-state index in [2.05, 4.69) is 9.97 Å². The van der Waals surface area contributed by atoms with Gasteiger partial charge in [-0.1, -0.05) is 41.4 Å². The lowest BCUT2D eigenvalue weighted by Crippen LogP contribution is -2.38. The molecule has 4 atom stereocenters. The number of aliphatic hydroxyl groups is 1. The van der Waals surface area contributed by atoms with E-state index in [-0.39, 0.29) is 17.9 Å². The minimum Gasteiger partial charge on any atom is -0.459 e. The molecule has 170 valence electrons. The summed E-state index contributed by atoms with van der Waals surface area (Å²) < 4.78 is 16.6. The van der Waals surface area contributed by atoms with Gasteiger partial charge in [0.05, 0.1) is 11.1 Å². The molecule has 1 saturated heterocycles. The standard InChI is InChI=1S/C22H19N3O8/c26-17-18(15-11-23-22(24-15)25(29)30)32-16(12-31-20(27)13-7-3-1-4-8-13)19(17)33-21(28)14-9-5-2-6-10-14/h1-11,16-19,26H,12H2,(H,23,24)/t16-,17-,18+,19-/m1/s1. The third kappa shape index (κ3) is 4.89. The second kappa shape index (κ2) is 9.59. The Hall–Kier alpha value is -4.09. The minimum atomic E-state index is -1.42. The van der Waals surface area contributed by atoms with E-state index in [1.807, 2.05) is 0 Å². The number of H-pyrrole nitrogens is 1. The summed E-state index contributed by atoms with van der Waals surface area (Å²) in [5, 5.41) is 21.8. The number of aliphatic hydroxyl groups excluding tert-OH is 1. The number of rotatable bonds is 7. The summed E-state index contributed by atoms with van der Waals surface area (Å²) in [4.78, 5) is 41.3. The monoisotopic (exact) mass is 453 g/mol. The number of aromatic nitrogens is 2. The Balaban J connectivity index is 1.53. The molecule has 0 saturated carbocycles. The Kier molecular flexibility index (Phi) is 6.43. The van der Waals surface area contributed by atoms with E-state index in [1.54, 1.807) is 60.7 Å². The van der Waals surface area contributed by atoms with Crippen LogP contribution in [-0.4, -0.2) is 56.9 Å². The average molecular weight is 453 g/mol. The average Bonchev–Trinajstić information content (AvgIpc) is 3.44. The van der Waals surface area contributed by atoms with Crippen molar-refractivity contribution in [3.05, 3.63) is 93.8 Å². The van der Waals surface area contributed by atoms with Crippen LogP contribution in [0.2, 0.25) is 0 Å². The lowest BCUT2D eigenvalue weighted by molar-refractivity contribution is -0.393. The highest BCUT2D eigenvalue weighted by atomic mass is 16.6. The fraction of sp³-hybridized carbons (Fsp3) is 0.227. The van der Waals surface area contributed by atoms with Crippen molar-refractivity contribution in [2.45, 2.75) is 24.4 Å². The van der Waals surface area contributed by atoms with Gasteiger partial charge in [0.2, 0.25) is 0 Å². The second-order valence-corrected chi connectivity index (χ2v) is 7.19. The van der Waals surface area contributed by atoms with Crippen LogP contribution in [0.5, 0.6) is 0 Å². The fourth-order valence-corrected chi connectivity index (χ4v) is 3.41. The molecule has 4 rings (SSSR count). The number of carbonyl (C=O) groups excluding carboxylic acids is 2. The van der Waals surface area contributed by atoms with E-state index in [4.69, 9.17) is 14.2 Å². The lowest BCUT2D eigenvalue weighted by atomic mass is 10.1. The van der Waals surface area contributed by atoms with Crippen molar-refractivity contribution in [3.8, 4) is 0 Å². The van der Waals surface area contributed by atoms with E-state index < -0.39 is 47.2 Å². The van der Waals surface area contributed by atoms with Crippen molar-refractivity contribution in [3.63, 3.8) is 0 Å². The first kappa shape index (κ1) is 22.1.